The second-order valence-corrected chi connectivity index (χ2v) is 3.63. The lowest BCUT2D eigenvalue weighted by molar-refractivity contribution is 0.184. The van der Waals surface area contributed by atoms with Crippen LogP contribution in [-0.2, 0) is 0 Å². The molecule has 0 aliphatic carbocycles. The predicted molar refractivity (Wildman–Crippen MR) is 59.5 cm³/mol. The van der Waals surface area contributed by atoms with Gasteiger partial charge in [0.05, 0.1) is 16.1 Å². The van der Waals surface area contributed by atoms with Crippen molar-refractivity contribution in [3.05, 3.63) is 33.8 Å². The van der Waals surface area contributed by atoms with Gasteiger partial charge in [-0.05, 0) is 24.6 Å². The third kappa shape index (κ3) is 2.92. The Morgan fingerprint density at radius 1 is 1.36 bits per heavy atom. The Morgan fingerprint density at radius 3 is 2.64 bits per heavy atom. The number of benzene rings is 1. The molecule has 0 fully saturated rings. The van der Waals surface area contributed by atoms with E-state index in [-0.39, 0.29) is 0 Å². The quantitative estimate of drug-likeness (QED) is 0.770. The van der Waals surface area contributed by atoms with E-state index in [1.54, 1.807) is 25.1 Å². The molecule has 1 rings (SSSR count). The lowest BCUT2D eigenvalue weighted by Crippen LogP contribution is -1.95. The summed E-state index contributed by atoms with van der Waals surface area (Å²) in [7, 11) is 0. The summed E-state index contributed by atoms with van der Waals surface area (Å²) in [6.07, 6.45) is -0.189. The summed E-state index contributed by atoms with van der Waals surface area (Å²) in [5, 5.41) is 10.6. The smallest absolute Gasteiger partial charge is 0.0899 e. The Morgan fingerprint density at radius 2 is 2.07 bits per heavy atom. The van der Waals surface area contributed by atoms with Gasteiger partial charge in [-0.25, -0.2) is 0 Å². The Balaban J connectivity index is 2.83. The minimum atomic E-state index is -0.600. The molecule has 0 amide bonds. The Hall–Kier alpha value is -0.680. The zero-order valence-corrected chi connectivity index (χ0v) is 9.23. The molecule has 0 aliphatic heterocycles. The van der Waals surface area contributed by atoms with E-state index in [4.69, 9.17) is 23.2 Å². The molecule has 1 unspecified atom stereocenters. The summed E-state index contributed by atoms with van der Waals surface area (Å²) in [5.41, 5.74) is 0.738. The molecule has 3 heteroatoms. The van der Waals surface area contributed by atoms with Crippen molar-refractivity contribution in [3.63, 3.8) is 0 Å². The van der Waals surface area contributed by atoms with Crippen molar-refractivity contribution in [1.29, 1.82) is 0 Å². The first-order chi connectivity index (χ1) is 6.65. The number of hydrogen-bond acceptors (Lipinski definition) is 1. The molecule has 0 aromatic heterocycles. The topological polar surface area (TPSA) is 20.2 Å². The van der Waals surface area contributed by atoms with E-state index in [9.17, 15) is 5.11 Å². The number of hydrogen-bond donors (Lipinski definition) is 1. The standard InChI is InChI=1S/C11H10Cl2O/c1-2-3-4-11(14)8-5-6-9(12)10(13)7-8/h5-7,11,14H,4H2,1H3. The summed E-state index contributed by atoms with van der Waals surface area (Å²) in [6, 6.07) is 5.07. The van der Waals surface area contributed by atoms with Crippen LogP contribution in [0.3, 0.4) is 0 Å². The van der Waals surface area contributed by atoms with E-state index in [0.717, 1.165) is 5.56 Å². The zero-order chi connectivity index (χ0) is 10.6. The Kier molecular flexibility index (Phi) is 4.28. The van der Waals surface area contributed by atoms with E-state index in [2.05, 4.69) is 11.8 Å². The van der Waals surface area contributed by atoms with Crippen LogP contribution in [0.4, 0.5) is 0 Å². The van der Waals surface area contributed by atoms with E-state index < -0.39 is 6.10 Å². The second kappa shape index (κ2) is 5.26. The first-order valence-corrected chi connectivity index (χ1v) is 4.93. The molecule has 0 bridgehead atoms. The van der Waals surface area contributed by atoms with Gasteiger partial charge in [-0.2, -0.15) is 0 Å². The van der Waals surface area contributed by atoms with Crippen LogP contribution in [0.2, 0.25) is 10.0 Å². The van der Waals surface area contributed by atoms with E-state index in [1.807, 2.05) is 0 Å². The molecule has 0 heterocycles. The molecule has 14 heavy (non-hydrogen) atoms. The first-order valence-electron chi connectivity index (χ1n) is 4.17. The SMILES string of the molecule is CC#CCC(O)c1ccc(Cl)c(Cl)c1. The minimum Gasteiger partial charge on any atom is -0.387 e. The molecule has 1 nitrogen and oxygen atoms in total. The zero-order valence-electron chi connectivity index (χ0n) is 7.72. The normalized spacial score (nSPS) is 11.7. The van der Waals surface area contributed by atoms with Crippen molar-refractivity contribution in [2.75, 3.05) is 0 Å². The van der Waals surface area contributed by atoms with Crippen molar-refractivity contribution in [3.8, 4) is 11.8 Å². The maximum Gasteiger partial charge on any atom is 0.0899 e. The van der Waals surface area contributed by atoms with Gasteiger partial charge in [0.15, 0.2) is 0 Å². The highest BCUT2D eigenvalue weighted by Crippen LogP contribution is 2.26. The van der Waals surface area contributed by atoms with Crippen LogP contribution in [0.15, 0.2) is 18.2 Å². The number of halogens is 2. The fourth-order valence-corrected chi connectivity index (χ4v) is 1.34. The fraction of sp³-hybridized carbons (Fsp3) is 0.273. The van der Waals surface area contributed by atoms with Gasteiger partial charge >= 0.3 is 0 Å². The summed E-state index contributed by atoms with van der Waals surface area (Å²) in [5.74, 6) is 5.53. The van der Waals surface area contributed by atoms with Crippen molar-refractivity contribution >= 4 is 23.2 Å². The molecule has 1 N–H and O–H groups in total. The van der Waals surface area contributed by atoms with E-state index in [0.29, 0.717) is 16.5 Å². The average molecular weight is 229 g/mol. The van der Waals surface area contributed by atoms with Crippen LogP contribution in [-0.4, -0.2) is 5.11 Å². The van der Waals surface area contributed by atoms with Gasteiger partial charge < -0.3 is 5.11 Å². The summed E-state index contributed by atoms with van der Waals surface area (Å²) >= 11 is 11.6. The van der Waals surface area contributed by atoms with E-state index in [1.165, 1.54) is 0 Å². The summed E-state index contributed by atoms with van der Waals surface area (Å²) < 4.78 is 0. The number of rotatable bonds is 2. The lowest BCUT2D eigenvalue weighted by atomic mass is 10.1. The molecular weight excluding hydrogens is 219 g/mol. The van der Waals surface area contributed by atoms with Gasteiger partial charge in [0.1, 0.15) is 0 Å². The van der Waals surface area contributed by atoms with Gasteiger partial charge in [0, 0.05) is 6.42 Å². The molecule has 1 aromatic rings. The lowest BCUT2D eigenvalue weighted by Gasteiger charge is -2.08. The monoisotopic (exact) mass is 228 g/mol. The molecule has 1 atom stereocenters. The third-order valence-electron chi connectivity index (χ3n) is 1.80. The highest BCUT2D eigenvalue weighted by atomic mass is 35.5. The maximum absolute atomic E-state index is 9.66. The highest BCUT2D eigenvalue weighted by molar-refractivity contribution is 6.42. The second-order valence-electron chi connectivity index (χ2n) is 2.82. The number of aliphatic hydroxyl groups excluding tert-OH is 1. The Bertz CT molecular complexity index is 377. The highest BCUT2D eigenvalue weighted by Gasteiger charge is 2.07. The first kappa shape index (κ1) is 11.4. The largest absolute Gasteiger partial charge is 0.387 e. The predicted octanol–water partition coefficient (Wildman–Crippen LogP) is 3.44. The fourth-order valence-electron chi connectivity index (χ4n) is 1.04. The van der Waals surface area contributed by atoms with Gasteiger partial charge in [-0.1, -0.05) is 29.3 Å². The molecule has 74 valence electrons. The molecule has 0 aliphatic rings. The average Bonchev–Trinajstić information content (AvgIpc) is 2.18. The molecule has 0 radical (unpaired) electrons. The minimum absolute atomic E-state index is 0.411. The molecule has 0 spiro atoms. The van der Waals surface area contributed by atoms with Crippen molar-refractivity contribution in [1.82, 2.24) is 0 Å². The van der Waals surface area contributed by atoms with Crippen LogP contribution < -0.4 is 0 Å². The van der Waals surface area contributed by atoms with Crippen LogP contribution in [0, 0.1) is 11.8 Å². The van der Waals surface area contributed by atoms with Crippen LogP contribution >= 0.6 is 23.2 Å². The molecule has 0 saturated heterocycles. The molecule has 0 saturated carbocycles. The maximum atomic E-state index is 9.66. The summed E-state index contributed by atoms with van der Waals surface area (Å²) in [6.45, 7) is 1.74. The van der Waals surface area contributed by atoms with Gasteiger partial charge in [-0.3, -0.25) is 0 Å². The summed E-state index contributed by atoms with van der Waals surface area (Å²) in [4.78, 5) is 0. The molecular formula is C11H10Cl2O. The van der Waals surface area contributed by atoms with Crippen molar-refractivity contribution in [2.45, 2.75) is 19.4 Å². The van der Waals surface area contributed by atoms with Crippen molar-refractivity contribution in [2.24, 2.45) is 0 Å². The Labute approximate surface area is 93.7 Å². The van der Waals surface area contributed by atoms with Crippen LogP contribution in [0.25, 0.3) is 0 Å². The molecule has 1 aromatic carbocycles. The van der Waals surface area contributed by atoms with E-state index >= 15 is 0 Å². The van der Waals surface area contributed by atoms with Crippen LogP contribution in [0.5, 0.6) is 0 Å². The number of aliphatic hydroxyl groups is 1. The van der Waals surface area contributed by atoms with Gasteiger partial charge in [-0.15, -0.1) is 11.8 Å². The van der Waals surface area contributed by atoms with Gasteiger partial charge in [0.25, 0.3) is 0 Å². The third-order valence-corrected chi connectivity index (χ3v) is 2.54. The van der Waals surface area contributed by atoms with Crippen LogP contribution in [0.1, 0.15) is 25.0 Å². The van der Waals surface area contributed by atoms with Gasteiger partial charge in [0.2, 0.25) is 0 Å². The van der Waals surface area contributed by atoms with Crippen molar-refractivity contribution < 1.29 is 5.11 Å².